The number of benzene rings is 2. The van der Waals surface area contributed by atoms with Crippen molar-refractivity contribution in [2.75, 3.05) is 11.5 Å². The van der Waals surface area contributed by atoms with Gasteiger partial charge in [0.2, 0.25) is 0 Å². The van der Waals surface area contributed by atoms with Crippen LogP contribution in [0.25, 0.3) is 0 Å². The van der Waals surface area contributed by atoms with Crippen LogP contribution in [-0.4, -0.2) is 21.7 Å². The standard InChI is InChI=1S/C26H30O2S/c1-3-5-7-13-21(23-15-9-11-17-25(23)27)19-29-20-22(14-8-6-4-2)24-16-10-12-18-26(24)28/h9-12,15-18,21-22,27-28H,3-6,19-20H2,1-2H3. The lowest BCUT2D eigenvalue weighted by Crippen LogP contribution is -2.05. The summed E-state index contributed by atoms with van der Waals surface area (Å²) in [4.78, 5) is 0. The van der Waals surface area contributed by atoms with E-state index in [1.165, 1.54) is 0 Å². The predicted octanol–water partition coefficient (Wildman–Crippen LogP) is 6.31. The first kappa shape index (κ1) is 22.8. The summed E-state index contributed by atoms with van der Waals surface area (Å²) in [6.07, 6.45) is 3.77. The van der Waals surface area contributed by atoms with Gasteiger partial charge in [-0.25, -0.2) is 0 Å². The highest BCUT2D eigenvalue weighted by Crippen LogP contribution is 2.32. The molecule has 0 bridgehead atoms. The van der Waals surface area contributed by atoms with Gasteiger partial charge in [-0.2, -0.15) is 11.8 Å². The fraction of sp³-hybridized carbons (Fsp3) is 0.385. The number of unbranched alkanes of at least 4 members (excludes halogenated alkanes) is 2. The van der Waals surface area contributed by atoms with Crippen LogP contribution in [0.4, 0.5) is 0 Å². The third-order valence-corrected chi connectivity index (χ3v) is 5.63. The minimum Gasteiger partial charge on any atom is -0.508 e. The highest BCUT2D eigenvalue weighted by Gasteiger charge is 2.16. The van der Waals surface area contributed by atoms with Crippen LogP contribution in [0.2, 0.25) is 0 Å². The lowest BCUT2D eigenvalue weighted by atomic mass is 10.00. The normalized spacial score (nSPS) is 12.2. The van der Waals surface area contributed by atoms with Gasteiger partial charge in [0, 0.05) is 35.5 Å². The number of aromatic hydroxyl groups is 2. The molecule has 0 aliphatic rings. The fourth-order valence-corrected chi connectivity index (χ4v) is 4.06. The van der Waals surface area contributed by atoms with Crippen LogP contribution in [-0.2, 0) is 0 Å². The lowest BCUT2D eigenvalue weighted by molar-refractivity contribution is 0.467. The van der Waals surface area contributed by atoms with Crippen molar-refractivity contribution < 1.29 is 10.2 Å². The van der Waals surface area contributed by atoms with Gasteiger partial charge < -0.3 is 10.2 Å². The molecule has 0 aliphatic heterocycles. The van der Waals surface area contributed by atoms with Crippen molar-refractivity contribution in [2.45, 2.75) is 51.4 Å². The molecular formula is C26H30O2S. The Hall–Kier alpha value is -2.49. The molecule has 3 heteroatoms. The Morgan fingerprint density at radius 1 is 0.724 bits per heavy atom. The van der Waals surface area contributed by atoms with Gasteiger partial charge in [0.25, 0.3) is 0 Å². The van der Waals surface area contributed by atoms with Crippen LogP contribution in [0.1, 0.15) is 62.5 Å². The van der Waals surface area contributed by atoms with E-state index in [0.29, 0.717) is 11.5 Å². The van der Waals surface area contributed by atoms with E-state index >= 15 is 0 Å². The van der Waals surface area contributed by atoms with Crippen LogP contribution in [0.3, 0.4) is 0 Å². The third-order valence-electron chi connectivity index (χ3n) is 4.50. The van der Waals surface area contributed by atoms with Crippen molar-refractivity contribution in [1.29, 1.82) is 0 Å². The lowest BCUT2D eigenvalue weighted by Gasteiger charge is -2.16. The summed E-state index contributed by atoms with van der Waals surface area (Å²) in [5.41, 5.74) is 1.75. The average Bonchev–Trinajstić information content (AvgIpc) is 2.73. The van der Waals surface area contributed by atoms with Crippen LogP contribution < -0.4 is 0 Å². The molecule has 0 saturated carbocycles. The third kappa shape index (κ3) is 7.45. The van der Waals surface area contributed by atoms with Crippen molar-refractivity contribution in [3.63, 3.8) is 0 Å². The molecule has 2 unspecified atom stereocenters. The van der Waals surface area contributed by atoms with Crippen molar-refractivity contribution in [1.82, 2.24) is 0 Å². The first-order chi connectivity index (χ1) is 14.2. The molecule has 0 heterocycles. The minimum absolute atomic E-state index is 0.0265. The maximum Gasteiger partial charge on any atom is 0.120 e. The number of thioether (sulfide) groups is 1. The van der Waals surface area contributed by atoms with Crippen LogP contribution in [0.5, 0.6) is 11.5 Å². The molecular weight excluding hydrogens is 376 g/mol. The quantitative estimate of drug-likeness (QED) is 0.505. The highest BCUT2D eigenvalue weighted by molar-refractivity contribution is 7.99. The summed E-state index contributed by atoms with van der Waals surface area (Å²) < 4.78 is 0. The molecule has 0 amide bonds. The Kier molecular flexibility index (Phi) is 10.1. The summed E-state index contributed by atoms with van der Waals surface area (Å²) in [6.45, 7) is 4.23. The molecule has 0 fully saturated rings. The van der Waals surface area contributed by atoms with E-state index in [0.717, 1.165) is 48.3 Å². The zero-order chi connectivity index (χ0) is 20.9. The second-order valence-electron chi connectivity index (χ2n) is 6.90. The predicted molar refractivity (Wildman–Crippen MR) is 124 cm³/mol. The van der Waals surface area contributed by atoms with Crippen molar-refractivity contribution in [3.8, 4) is 35.2 Å². The number of hydrogen-bond acceptors (Lipinski definition) is 3. The van der Waals surface area contributed by atoms with Gasteiger partial charge in [-0.1, -0.05) is 62.1 Å². The number of para-hydroxylation sites is 2. The molecule has 2 aromatic rings. The van der Waals surface area contributed by atoms with E-state index < -0.39 is 0 Å². The van der Waals surface area contributed by atoms with Gasteiger partial charge in [0.05, 0.1) is 11.8 Å². The molecule has 29 heavy (non-hydrogen) atoms. The number of rotatable bonds is 8. The van der Waals surface area contributed by atoms with Crippen molar-refractivity contribution >= 4 is 11.8 Å². The second kappa shape index (κ2) is 12.9. The highest BCUT2D eigenvalue weighted by atomic mass is 32.2. The Bertz CT molecular complexity index is 809. The first-order valence-corrected chi connectivity index (χ1v) is 11.4. The first-order valence-electron chi connectivity index (χ1n) is 10.3. The molecule has 2 rings (SSSR count). The van der Waals surface area contributed by atoms with E-state index in [1.54, 1.807) is 23.9 Å². The van der Waals surface area contributed by atoms with Gasteiger partial charge in [-0.15, -0.1) is 11.8 Å². The zero-order valence-corrected chi connectivity index (χ0v) is 18.1. The fourth-order valence-electron chi connectivity index (χ4n) is 2.93. The largest absolute Gasteiger partial charge is 0.508 e. The summed E-state index contributed by atoms with van der Waals surface area (Å²) in [6, 6.07) is 14.9. The molecule has 2 N–H and O–H groups in total. The average molecular weight is 407 g/mol. The summed E-state index contributed by atoms with van der Waals surface area (Å²) in [5, 5.41) is 20.5. The molecule has 0 radical (unpaired) electrons. The minimum atomic E-state index is -0.0265. The SMILES string of the molecule is CCCC#CC(CSCC(C#CCCC)c1ccccc1O)c1ccccc1O. The van der Waals surface area contributed by atoms with Crippen LogP contribution in [0, 0.1) is 23.7 Å². The maximum absolute atomic E-state index is 10.3. The molecule has 2 aromatic carbocycles. The molecule has 0 aromatic heterocycles. The van der Waals surface area contributed by atoms with Crippen molar-refractivity contribution in [3.05, 3.63) is 59.7 Å². The van der Waals surface area contributed by atoms with Gasteiger partial charge in [-0.3, -0.25) is 0 Å². The second-order valence-corrected chi connectivity index (χ2v) is 7.98. The number of phenols is 2. The van der Waals surface area contributed by atoms with Gasteiger partial charge in [-0.05, 0) is 25.0 Å². The van der Waals surface area contributed by atoms with Crippen molar-refractivity contribution in [2.24, 2.45) is 0 Å². The number of hydrogen-bond donors (Lipinski definition) is 2. The van der Waals surface area contributed by atoms with Gasteiger partial charge in [0.1, 0.15) is 11.5 Å². The molecule has 0 spiro atoms. The van der Waals surface area contributed by atoms with E-state index in [-0.39, 0.29) is 11.8 Å². The van der Waals surface area contributed by atoms with Gasteiger partial charge >= 0.3 is 0 Å². The molecule has 2 nitrogen and oxygen atoms in total. The maximum atomic E-state index is 10.3. The summed E-state index contributed by atoms with van der Waals surface area (Å²) in [7, 11) is 0. The van der Waals surface area contributed by atoms with E-state index in [2.05, 4.69) is 37.5 Å². The smallest absolute Gasteiger partial charge is 0.120 e. The molecule has 0 aliphatic carbocycles. The Balaban J connectivity index is 2.14. The molecule has 152 valence electrons. The molecule has 2 atom stereocenters. The Morgan fingerprint density at radius 2 is 1.14 bits per heavy atom. The van der Waals surface area contributed by atoms with Crippen LogP contribution in [0.15, 0.2) is 48.5 Å². The Labute approximate surface area is 179 Å². The molecule has 0 saturated heterocycles. The topological polar surface area (TPSA) is 40.5 Å². The summed E-state index contributed by atoms with van der Waals surface area (Å²) >= 11 is 1.77. The monoisotopic (exact) mass is 406 g/mol. The van der Waals surface area contributed by atoms with E-state index in [1.807, 2.05) is 36.4 Å². The summed E-state index contributed by atoms with van der Waals surface area (Å²) in [5.74, 6) is 15.2. The van der Waals surface area contributed by atoms with Gasteiger partial charge in [0.15, 0.2) is 0 Å². The Morgan fingerprint density at radius 3 is 1.52 bits per heavy atom. The van der Waals surface area contributed by atoms with E-state index in [9.17, 15) is 10.2 Å². The zero-order valence-electron chi connectivity index (χ0n) is 17.3. The number of phenolic OH excluding ortho intramolecular Hbond substituents is 2. The van der Waals surface area contributed by atoms with E-state index in [4.69, 9.17) is 0 Å². The van der Waals surface area contributed by atoms with Crippen LogP contribution >= 0.6 is 11.8 Å².